The van der Waals surface area contributed by atoms with E-state index < -0.39 is 42.1 Å². The monoisotopic (exact) mass is 449 g/mol. The molecule has 0 heterocycles. The van der Waals surface area contributed by atoms with Crippen LogP contribution in [0, 0.1) is 0 Å². The molecule has 1 unspecified atom stereocenters. The van der Waals surface area contributed by atoms with Crippen LogP contribution >= 0.6 is 0 Å². The molecule has 0 aliphatic heterocycles. The van der Waals surface area contributed by atoms with Gasteiger partial charge in [0.1, 0.15) is 6.23 Å². The van der Waals surface area contributed by atoms with Crippen molar-refractivity contribution in [2.24, 2.45) is 0 Å². The standard InChI is InChI=1S/C21H21F6NO3/c1-3-28(12(2)29)11-15-10-16(20(22,23)24)4-5-18(15)14-6-13(8-19(30)31)7-17(9-14)21(25,26)27/h4-7,9-10,12,29H,3,8,11H2,1-2H3,(H,30,31). The summed E-state index contributed by atoms with van der Waals surface area (Å²) in [7, 11) is 0. The fraction of sp³-hybridized carbons (Fsp3) is 0.381. The molecule has 10 heteroatoms. The first kappa shape index (κ1) is 24.7. The molecule has 0 radical (unpaired) electrons. The minimum Gasteiger partial charge on any atom is -0.481 e. The molecule has 4 nitrogen and oxygen atoms in total. The van der Waals surface area contributed by atoms with Gasteiger partial charge >= 0.3 is 18.3 Å². The Hall–Kier alpha value is -2.59. The number of rotatable bonds is 7. The maximum atomic E-state index is 13.4. The van der Waals surface area contributed by atoms with Crippen molar-refractivity contribution in [3.63, 3.8) is 0 Å². The number of carboxylic acid groups (broad SMARTS) is 1. The summed E-state index contributed by atoms with van der Waals surface area (Å²) >= 11 is 0. The van der Waals surface area contributed by atoms with E-state index in [1.165, 1.54) is 17.9 Å². The van der Waals surface area contributed by atoms with Crippen molar-refractivity contribution in [1.29, 1.82) is 0 Å². The molecule has 2 rings (SSSR count). The number of aliphatic hydroxyl groups is 1. The summed E-state index contributed by atoms with van der Waals surface area (Å²) < 4.78 is 79.8. The molecule has 0 amide bonds. The predicted molar refractivity (Wildman–Crippen MR) is 101 cm³/mol. The summed E-state index contributed by atoms with van der Waals surface area (Å²) in [6.07, 6.45) is -11.1. The van der Waals surface area contributed by atoms with Gasteiger partial charge in [0.25, 0.3) is 0 Å². The molecule has 0 spiro atoms. The average Bonchev–Trinajstić information content (AvgIpc) is 2.63. The minimum absolute atomic E-state index is 0.0539. The first-order valence-electron chi connectivity index (χ1n) is 9.28. The molecular weight excluding hydrogens is 428 g/mol. The van der Waals surface area contributed by atoms with Gasteiger partial charge in [-0.05, 0) is 60.0 Å². The quantitative estimate of drug-likeness (QED) is 0.452. The summed E-state index contributed by atoms with van der Waals surface area (Å²) in [6.45, 7) is 3.22. The fourth-order valence-corrected chi connectivity index (χ4v) is 3.20. The number of carbonyl (C=O) groups is 1. The summed E-state index contributed by atoms with van der Waals surface area (Å²) in [6, 6.07) is 5.35. The van der Waals surface area contributed by atoms with Gasteiger partial charge in [0.15, 0.2) is 0 Å². The number of nitrogens with zero attached hydrogens (tertiary/aromatic N) is 1. The molecule has 0 aliphatic carbocycles. The molecule has 2 aromatic carbocycles. The van der Waals surface area contributed by atoms with Gasteiger partial charge in [0.2, 0.25) is 0 Å². The smallest absolute Gasteiger partial charge is 0.416 e. The molecule has 0 aliphatic rings. The largest absolute Gasteiger partial charge is 0.481 e. The fourth-order valence-electron chi connectivity index (χ4n) is 3.20. The van der Waals surface area contributed by atoms with Crippen molar-refractivity contribution in [3.8, 4) is 11.1 Å². The van der Waals surface area contributed by atoms with E-state index in [0.29, 0.717) is 6.07 Å². The van der Waals surface area contributed by atoms with Gasteiger partial charge in [-0.25, -0.2) is 0 Å². The Morgan fingerprint density at radius 3 is 2.10 bits per heavy atom. The van der Waals surface area contributed by atoms with Crippen LogP contribution in [-0.2, 0) is 30.1 Å². The Labute approximate surface area is 174 Å². The van der Waals surface area contributed by atoms with Crippen LogP contribution in [0.1, 0.15) is 36.1 Å². The second-order valence-electron chi connectivity index (χ2n) is 7.05. The van der Waals surface area contributed by atoms with E-state index in [2.05, 4.69) is 0 Å². The van der Waals surface area contributed by atoms with Crippen molar-refractivity contribution in [1.82, 2.24) is 4.90 Å². The molecule has 1 atom stereocenters. The summed E-state index contributed by atoms with van der Waals surface area (Å²) in [4.78, 5) is 12.5. The number of carboxylic acids is 1. The van der Waals surface area contributed by atoms with Crippen LogP contribution in [-0.4, -0.2) is 33.9 Å². The highest BCUT2D eigenvalue weighted by molar-refractivity contribution is 5.74. The maximum Gasteiger partial charge on any atom is 0.416 e. The van der Waals surface area contributed by atoms with E-state index in [9.17, 15) is 36.2 Å². The van der Waals surface area contributed by atoms with Crippen molar-refractivity contribution < 1.29 is 41.4 Å². The second kappa shape index (κ2) is 9.27. The van der Waals surface area contributed by atoms with Gasteiger partial charge in [0.05, 0.1) is 17.5 Å². The molecular formula is C21H21F6NO3. The van der Waals surface area contributed by atoms with E-state index in [1.54, 1.807) is 6.92 Å². The van der Waals surface area contributed by atoms with Crippen LogP contribution in [0.4, 0.5) is 26.3 Å². The number of hydrogen-bond donors (Lipinski definition) is 2. The van der Waals surface area contributed by atoms with Gasteiger partial charge in [-0.2, -0.15) is 26.3 Å². The van der Waals surface area contributed by atoms with Crippen LogP contribution < -0.4 is 0 Å². The van der Waals surface area contributed by atoms with Crippen LogP contribution in [0.5, 0.6) is 0 Å². The van der Waals surface area contributed by atoms with E-state index in [4.69, 9.17) is 5.11 Å². The molecule has 0 saturated carbocycles. The molecule has 2 N–H and O–H groups in total. The van der Waals surface area contributed by atoms with E-state index in [-0.39, 0.29) is 35.3 Å². The topological polar surface area (TPSA) is 60.8 Å². The lowest BCUT2D eigenvalue weighted by molar-refractivity contribution is -0.138. The first-order chi connectivity index (χ1) is 14.2. The second-order valence-corrected chi connectivity index (χ2v) is 7.05. The van der Waals surface area contributed by atoms with Crippen LogP contribution in [0.15, 0.2) is 36.4 Å². The normalized spacial score (nSPS) is 13.5. The van der Waals surface area contributed by atoms with E-state index in [1.807, 2.05) is 0 Å². The number of hydrogen-bond acceptors (Lipinski definition) is 3. The lowest BCUT2D eigenvalue weighted by atomic mass is 9.93. The Morgan fingerprint density at radius 2 is 1.61 bits per heavy atom. The molecule has 2 aromatic rings. The highest BCUT2D eigenvalue weighted by Gasteiger charge is 2.33. The maximum absolute atomic E-state index is 13.4. The van der Waals surface area contributed by atoms with Crippen LogP contribution in [0.3, 0.4) is 0 Å². The van der Waals surface area contributed by atoms with Crippen molar-refractivity contribution in [2.45, 2.75) is 45.4 Å². The summed E-state index contributed by atoms with van der Waals surface area (Å²) in [5.41, 5.74) is -2.13. The van der Waals surface area contributed by atoms with Gasteiger partial charge in [-0.1, -0.05) is 19.1 Å². The molecule has 31 heavy (non-hydrogen) atoms. The predicted octanol–water partition coefficient (Wildman–Crippen LogP) is 5.18. The molecule has 0 bridgehead atoms. The van der Waals surface area contributed by atoms with Gasteiger partial charge < -0.3 is 10.2 Å². The zero-order valence-electron chi connectivity index (χ0n) is 16.7. The van der Waals surface area contributed by atoms with Crippen molar-refractivity contribution in [3.05, 3.63) is 58.7 Å². The van der Waals surface area contributed by atoms with Gasteiger partial charge in [0, 0.05) is 6.54 Å². The zero-order chi connectivity index (χ0) is 23.6. The van der Waals surface area contributed by atoms with E-state index in [0.717, 1.165) is 24.3 Å². The molecule has 0 aromatic heterocycles. The van der Waals surface area contributed by atoms with Gasteiger partial charge in [-0.15, -0.1) is 0 Å². The van der Waals surface area contributed by atoms with E-state index >= 15 is 0 Å². The first-order valence-corrected chi connectivity index (χ1v) is 9.28. The number of aliphatic hydroxyl groups excluding tert-OH is 1. The Kier molecular flexibility index (Phi) is 7.38. The number of aliphatic carboxylic acids is 1. The highest BCUT2D eigenvalue weighted by Crippen LogP contribution is 2.37. The Morgan fingerprint density at radius 1 is 1.00 bits per heavy atom. The SMILES string of the molecule is CCN(Cc1cc(C(F)(F)F)ccc1-c1cc(CC(=O)O)cc(C(F)(F)F)c1)C(C)O. The summed E-state index contributed by atoms with van der Waals surface area (Å²) in [5.74, 6) is -1.34. The third-order valence-electron chi connectivity index (χ3n) is 4.73. The third-order valence-corrected chi connectivity index (χ3v) is 4.73. The molecule has 0 fully saturated rings. The minimum atomic E-state index is -4.77. The molecule has 170 valence electrons. The average molecular weight is 449 g/mol. The van der Waals surface area contributed by atoms with Crippen molar-refractivity contribution in [2.75, 3.05) is 6.54 Å². The third kappa shape index (κ3) is 6.44. The van der Waals surface area contributed by atoms with Crippen molar-refractivity contribution >= 4 is 5.97 Å². The lowest BCUT2D eigenvalue weighted by Gasteiger charge is -2.25. The number of alkyl halides is 6. The Balaban J connectivity index is 2.71. The van der Waals surface area contributed by atoms with Crippen LogP contribution in [0.25, 0.3) is 11.1 Å². The van der Waals surface area contributed by atoms with Crippen LogP contribution in [0.2, 0.25) is 0 Å². The Bertz CT molecular complexity index is 938. The van der Waals surface area contributed by atoms with Gasteiger partial charge in [-0.3, -0.25) is 9.69 Å². The number of halogens is 6. The zero-order valence-corrected chi connectivity index (χ0v) is 16.7. The highest BCUT2D eigenvalue weighted by atomic mass is 19.4. The molecule has 0 saturated heterocycles. The lowest BCUT2D eigenvalue weighted by Crippen LogP contribution is -2.32. The number of benzene rings is 2. The summed E-state index contributed by atoms with van der Waals surface area (Å²) in [5, 5.41) is 18.8.